The van der Waals surface area contributed by atoms with E-state index in [1.165, 1.54) is 44.7 Å². The summed E-state index contributed by atoms with van der Waals surface area (Å²) in [6.07, 6.45) is 10.7. The lowest BCUT2D eigenvalue weighted by atomic mass is 10.1. The Kier molecular flexibility index (Phi) is 12.8. The molecule has 0 unspecified atom stereocenters. The molecule has 1 amide bonds. The molecule has 0 radical (unpaired) electrons. The molecule has 0 aliphatic carbocycles. The third-order valence-electron chi connectivity index (χ3n) is 5.68. The van der Waals surface area contributed by atoms with Crippen LogP contribution in [0.4, 0.5) is 5.69 Å². The van der Waals surface area contributed by atoms with Gasteiger partial charge in [-0.1, -0.05) is 63.8 Å². The van der Waals surface area contributed by atoms with Crippen LogP contribution in [0, 0.1) is 0 Å². The quantitative estimate of drug-likeness (QED) is 0.236. The summed E-state index contributed by atoms with van der Waals surface area (Å²) in [5.74, 6) is 1.24. The fourth-order valence-electron chi connectivity index (χ4n) is 3.65. The number of carbonyl (C=O) groups excluding carboxylic acids is 1. The van der Waals surface area contributed by atoms with Gasteiger partial charge in [-0.2, -0.15) is 0 Å². The van der Waals surface area contributed by atoms with E-state index in [1.807, 2.05) is 48.5 Å². The van der Waals surface area contributed by atoms with Gasteiger partial charge >= 0.3 is 0 Å². The average Bonchev–Trinajstić information content (AvgIpc) is 2.85. The number of nitrogens with zero attached hydrogens (tertiary/aromatic N) is 1. The number of anilines is 1. The maximum Gasteiger partial charge on any atom is 0.248 e. The van der Waals surface area contributed by atoms with Gasteiger partial charge in [-0.05, 0) is 68.4 Å². The summed E-state index contributed by atoms with van der Waals surface area (Å²) in [4.78, 5) is 14.6. The molecule has 5 nitrogen and oxygen atoms in total. The average molecular weight is 453 g/mol. The minimum Gasteiger partial charge on any atom is -0.493 e. The van der Waals surface area contributed by atoms with Gasteiger partial charge in [0.1, 0.15) is 0 Å². The van der Waals surface area contributed by atoms with Crippen LogP contribution < -0.4 is 14.8 Å². The predicted octanol–water partition coefficient (Wildman–Crippen LogP) is 6.41. The molecule has 2 rings (SSSR count). The SMILES string of the molecule is CCN(CC)CCCCCCCCOc1ccc(/C=C/C(=O)Nc2ccccc2)cc1OC. The third kappa shape index (κ3) is 10.6. The van der Waals surface area contributed by atoms with Crippen molar-refractivity contribution in [1.82, 2.24) is 4.90 Å². The third-order valence-corrected chi connectivity index (χ3v) is 5.68. The fraction of sp³-hybridized carbons (Fsp3) is 0.464. The van der Waals surface area contributed by atoms with E-state index < -0.39 is 0 Å². The van der Waals surface area contributed by atoms with Gasteiger partial charge in [0.05, 0.1) is 13.7 Å². The van der Waals surface area contributed by atoms with Crippen molar-refractivity contribution in [2.24, 2.45) is 0 Å². The number of unbranched alkanes of at least 4 members (excludes halogenated alkanes) is 5. The Bertz CT molecular complexity index is 832. The molecule has 1 N–H and O–H groups in total. The largest absolute Gasteiger partial charge is 0.493 e. The summed E-state index contributed by atoms with van der Waals surface area (Å²) >= 11 is 0. The van der Waals surface area contributed by atoms with Crippen LogP contribution in [-0.4, -0.2) is 44.2 Å². The standard InChI is InChI=1S/C28H40N2O3/c1-4-30(5-2)21-13-8-6-7-9-14-22-33-26-19-17-24(23-27(26)32-3)18-20-28(31)29-25-15-11-10-12-16-25/h10-12,15-20,23H,4-9,13-14,21-22H2,1-3H3,(H,29,31)/b20-18+. The van der Waals surface area contributed by atoms with Crippen LogP contribution in [0.2, 0.25) is 0 Å². The number of benzene rings is 2. The minimum absolute atomic E-state index is 0.173. The van der Waals surface area contributed by atoms with Crippen molar-refractivity contribution in [3.63, 3.8) is 0 Å². The van der Waals surface area contributed by atoms with Crippen LogP contribution in [0.25, 0.3) is 6.08 Å². The van der Waals surface area contributed by atoms with Crippen LogP contribution in [0.3, 0.4) is 0 Å². The molecular formula is C28H40N2O3. The van der Waals surface area contributed by atoms with E-state index >= 15 is 0 Å². The molecule has 0 heterocycles. The maximum atomic E-state index is 12.1. The summed E-state index contributed by atoms with van der Waals surface area (Å²) in [6, 6.07) is 15.1. The first-order chi connectivity index (χ1) is 16.2. The summed E-state index contributed by atoms with van der Waals surface area (Å²) in [5.41, 5.74) is 1.65. The summed E-state index contributed by atoms with van der Waals surface area (Å²) in [6.45, 7) is 8.67. The van der Waals surface area contributed by atoms with Crippen LogP contribution in [0.5, 0.6) is 11.5 Å². The first kappa shape index (κ1) is 26.5. The van der Waals surface area contributed by atoms with E-state index in [4.69, 9.17) is 9.47 Å². The van der Waals surface area contributed by atoms with Gasteiger partial charge in [-0.25, -0.2) is 0 Å². The molecule has 5 heteroatoms. The predicted molar refractivity (Wildman–Crippen MR) is 138 cm³/mol. The molecule has 0 spiro atoms. The van der Waals surface area contributed by atoms with E-state index in [9.17, 15) is 4.79 Å². The van der Waals surface area contributed by atoms with Crippen LogP contribution in [0.15, 0.2) is 54.6 Å². The highest BCUT2D eigenvalue weighted by Gasteiger charge is 2.05. The van der Waals surface area contributed by atoms with Gasteiger partial charge in [-0.3, -0.25) is 4.79 Å². The smallest absolute Gasteiger partial charge is 0.248 e. The zero-order chi connectivity index (χ0) is 23.7. The Morgan fingerprint density at radius 2 is 1.61 bits per heavy atom. The molecule has 0 fully saturated rings. The lowest BCUT2D eigenvalue weighted by Crippen LogP contribution is -2.23. The second kappa shape index (κ2) is 15.9. The lowest BCUT2D eigenvalue weighted by molar-refractivity contribution is -0.111. The van der Waals surface area contributed by atoms with Crippen molar-refractivity contribution in [1.29, 1.82) is 0 Å². The van der Waals surface area contributed by atoms with Gasteiger partial charge in [0.25, 0.3) is 0 Å². The number of hydrogen-bond donors (Lipinski definition) is 1. The molecule has 0 aromatic heterocycles. The monoisotopic (exact) mass is 452 g/mol. The van der Waals surface area contributed by atoms with Crippen molar-refractivity contribution in [2.45, 2.75) is 52.4 Å². The molecule has 0 atom stereocenters. The zero-order valence-corrected chi connectivity index (χ0v) is 20.5. The zero-order valence-electron chi connectivity index (χ0n) is 20.5. The first-order valence-electron chi connectivity index (χ1n) is 12.2. The topological polar surface area (TPSA) is 50.8 Å². The Balaban J connectivity index is 1.68. The van der Waals surface area contributed by atoms with Gasteiger partial charge in [0, 0.05) is 11.8 Å². The fourth-order valence-corrected chi connectivity index (χ4v) is 3.65. The molecule has 0 aliphatic rings. The summed E-state index contributed by atoms with van der Waals surface area (Å²) < 4.78 is 11.4. The molecule has 0 saturated carbocycles. The van der Waals surface area contributed by atoms with Crippen molar-refractivity contribution in [3.05, 3.63) is 60.2 Å². The summed E-state index contributed by atoms with van der Waals surface area (Å²) in [5, 5.41) is 2.83. The minimum atomic E-state index is -0.173. The molecular weight excluding hydrogens is 412 g/mol. The Morgan fingerprint density at radius 3 is 2.30 bits per heavy atom. The number of methoxy groups -OCH3 is 1. The van der Waals surface area contributed by atoms with E-state index in [0.29, 0.717) is 12.4 Å². The summed E-state index contributed by atoms with van der Waals surface area (Å²) in [7, 11) is 1.63. The maximum absolute atomic E-state index is 12.1. The number of rotatable bonds is 16. The Hall–Kier alpha value is -2.79. The number of ether oxygens (including phenoxy) is 2. The highest BCUT2D eigenvalue weighted by atomic mass is 16.5. The highest BCUT2D eigenvalue weighted by Crippen LogP contribution is 2.29. The Morgan fingerprint density at radius 1 is 0.909 bits per heavy atom. The highest BCUT2D eigenvalue weighted by molar-refractivity contribution is 6.01. The van der Waals surface area contributed by atoms with Gasteiger partial charge in [0.2, 0.25) is 5.91 Å². The van der Waals surface area contributed by atoms with Crippen molar-refractivity contribution < 1.29 is 14.3 Å². The van der Waals surface area contributed by atoms with Crippen molar-refractivity contribution in [3.8, 4) is 11.5 Å². The molecule has 0 saturated heterocycles. The van der Waals surface area contributed by atoms with Crippen LogP contribution >= 0.6 is 0 Å². The van der Waals surface area contributed by atoms with E-state index in [-0.39, 0.29) is 5.91 Å². The first-order valence-corrected chi connectivity index (χ1v) is 12.2. The molecule has 180 valence electrons. The van der Waals surface area contributed by atoms with Crippen LogP contribution in [0.1, 0.15) is 57.9 Å². The van der Waals surface area contributed by atoms with Gasteiger partial charge < -0.3 is 19.7 Å². The lowest BCUT2D eigenvalue weighted by Gasteiger charge is -2.17. The number of hydrogen-bond acceptors (Lipinski definition) is 4. The molecule has 33 heavy (non-hydrogen) atoms. The van der Waals surface area contributed by atoms with Crippen molar-refractivity contribution in [2.75, 3.05) is 38.7 Å². The van der Waals surface area contributed by atoms with Crippen LogP contribution in [-0.2, 0) is 4.79 Å². The molecule has 0 aliphatic heterocycles. The van der Waals surface area contributed by atoms with Crippen molar-refractivity contribution >= 4 is 17.7 Å². The van der Waals surface area contributed by atoms with Gasteiger partial charge in [-0.15, -0.1) is 0 Å². The Labute approximate surface area is 199 Å². The van der Waals surface area contributed by atoms with E-state index in [1.54, 1.807) is 13.2 Å². The number of nitrogens with one attached hydrogen (secondary N) is 1. The van der Waals surface area contributed by atoms with Gasteiger partial charge in [0.15, 0.2) is 11.5 Å². The number of amides is 1. The number of carbonyl (C=O) groups is 1. The van der Waals surface area contributed by atoms with E-state index in [0.717, 1.165) is 36.5 Å². The van der Waals surface area contributed by atoms with E-state index in [2.05, 4.69) is 24.1 Å². The second-order valence-corrected chi connectivity index (χ2v) is 8.10. The number of para-hydroxylation sites is 1. The normalized spacial score (nSPS) is 11.2. The second-order valence-electron chi connectivity index (χ2n) is 8.10. The molecule has 0 bridgehead atoms. The molecule has 2 aromatic rings. The molecule has 2 aromatic carbocycles.